The number of nitrogens with zero attached hydrogens (tertiary/aromatic N) is 2. The first-order valence-corrected chi connectivity index (χ1v) is 14.1. The highest BCUT2D eigenvalue weighted by molar-refractivity contribution is 6.74. The lowest BCUT2D eigenvalue weighted by atomic mass is 10.0. The Labute approximate surface area is 192 Å². The largest absolute Gasteiger partial charge is 0.465 e. The fourth-order valence-electron chi connectivity index (χ4n) is 3.33. The van der Waals surface area contributed by atoms with E-state index in [9.17, 15) is 19.7 Å². The number of nitro groups is 1. The zero-order chi connectivity index (χ0) is 24.9. The molecule has 0 aliphatic carbocycles. The fourth-order valence-corrected chi connectivity index (χ4v) is 4.68. The summed E-state index contributed by atoms with van der Waals surface area (Å²) < 4.78 is 17.0. The van der Waals surface area contributed by atoms with Crippen molar-refractivity contribution in [1.29, 1.82) is 0 Å². The molecule has 0 bridgehead atoms. The summed E-state index contributed by atoms with van der Waals surface area (Å²) in [5.41, 5.74) is -0.711. The number of ether oxygens (including phenoxy) is 2. The summed E-state index contributed by atoms with van der Waals surface area (Å²) in [7, 11) is -2.13. The molecule has 0 spiro atoms. The van der Waals surface area contributed by atoms with Crippen LogP contribution in [0.3, 0.4) is 0 Å². The van der Waals surface area contributed by atoms with Gasteiger partial charge in [-0.15, -0.1) is 0 Å². The van der Waals surface area contributed by atoms with Gasteiger partial charge in [-0.25, -0.2) is 4.79 Å². The van der Waals surface area contributed by atoms with Gasteiger partial charge in [0.15, 0.2) is 8.32 Å². The van der Waals surface area contributed by atoms with Crippen LogP contribution in [0.4, 0.5) is 4.79 Å². The molecular formula is C21H41N3O7Si. The van der Waals surface area contributed by atoms with Gasteiger partial charge in [-0.2, -0.15) is 0 Å². The van der Waals surface area contributed by atoms with E-state index in [0.717, 1.165) is 0 Å². The maximum absolute atomic E-state index is 13.0. The van der Waals surface area contributed by atoms with Crippen LogP contribution in [0.15, 0.2) is 0 Å². The van der Waals surface area contributed by atoms with Crippen LogP contribution >= 0.6 is 0 Å². The second kappa shape index (κ2) is 10.9. The Morgan fingerprint density at radius 3 is 2.28 bits per heavy atom. The molecule has 0 radical (unpaired) electrons. The van der Waals surface area contributed by atoms with Crippen molar-refractivity contribution in [2.24, 2.45) is 0 Å². The number of carbonyl (C=O) groups is 2. The highest BCUT2D eigenvalue weighted by Gasteiger charge is 2.47. The summed E-state index contributed by atoms with van der Waals surface area (Å²) in [6.07, 6.45) is -0.401. The van der Waals surface area contributed by atoms with Crippen LogP contribution in [-0.2, 0) is 18.7 Å². The number of rotatable bonds is 9. The van der Waals surface area contributed by atoms with Gasteiger partial charge in [0.05, 0.1) is 31.3 Å². The summed E-state index contributed by atoms with van der Waals surface area (Å²) >= 11 is 0. The summed E-state index contributed by atoms with van der Waals surface area (Å²) in [6.45, 7) is 17.5. The second-order valence-corrected chi connectivity index (χ2v) is 15.5. The van der Waals surface area contributed by atoms with E-state index < -0.39 is 49.5 Å². The van der Waals surface area contributed by atoms with E-state index in [1.165, 1.54) is 4.90 Å². The van der Waals surface area contributed by atoms with E-state index in [4.69, 9.17) is 13.9 Å². The summed E-state index contributed by atoms with van der Waals surface area (Å²) in [5, 5.41) is 14.3. The van der Waals surface area contributed by atoms with Crippen molar-refractivity contribution in [3.8, 4) is 0 Å². The lowest BCUT2D eigenvalue weighted by molar-refractivity contribution is -0.484. The summed E-state index contributed by atoms with van der Waals surface area (Å²) in [5.74, 6) is -0.503. The average Bonchev–Trinajstić information content (AvgIpc) is 2.99. The third kappa shape index (κ3) is 8.66. The minimum absolute atomic E-state index is 0.0236. The molecule has 3 atom stereocenters. The van der Waals surface area contributed by atoms with Crippen molar-refractivity contribution < 1.29 is 28.4 Å². The lowest BCUT2D eigenvalue weighted by Crippen LogP contribution is -2.54. The Morgan fingerprint density at radius 2 is 1.81 bits per heavy atom. The number of likely N-dealkylation sites (tertiary alicyclic amines) is 1. The van der Waals surface area contributed by atoms with Gasteiger partial charge in [0.2, 0.25) is 6.54 Å². The van der Waals surface area contributed by atoms with Crippen molar-refractivity contribution in [1.82, 2.24) is 10.2 Å². The van der Waals surface area contributed by atoms with Crippen molar-refractivity contribution >= 4 is 20.4 Å². The van der Waals surface area contributed by atoms with Gasteiger partial charge in [0, 0.05) is 11.5 Å². The average molecular weight is 476 g/mol. The number of nitrogens with one attached hydrogen (secondary N) is 1. The number of carbonyl (C=O) groups excluding carboxylic acids is 2. The Kier molecular flexibility index (Phi) is 9.67. The molecule has 1 unspecified atom stereocenters. The number of hydrogen-bond acceptors (Lipinski definition) is 8. The van der Waals surface area contributed by atoms with Crippen LogP contribution in [0.1, 0.15) is 54.9 Å². The highest BCUT2D eigenvalue weighted by Crippen LogP contribution is 2.39. The third-order valence-electron chi connectivity index (χ3n) is 5.82. The third-order valence-corrected chi connectivity index (χ3v) is 10.4. The van der Waals surface area contributed by atoms with Crippen LogP contribution in [0.5, 0.6) is 0 Å². The Morgan fingerprint density at radius 1 is 1.22 bits per heavy atom. The minimum atomic E-state index is -2.13. The molecule has 0 saturated carbocycles. The van der Waals surface area contributed by atoms with E-state index >= 15 is 0 Å². The molecule has 1 amide bonds. The Bertz CT molecular complexity index is 673. The number of esters is 1. The SMILES string of the molecule is CCOC(=O)CNC(C[N+](=O)[O-])[C@@H]1C[C@@H](O[Si](C)(C)C(C)(C)C)CN1C(=O)OC(C)(C)C. The van der Waals surface area contributed by atoms with E-state index in [1.54, 1.807) is 27.7 Å². The zero-order valence-electron chi connectivity index (χ0n) is 21.0. The standard InChI is InChI=1S/C21H41N3O7Si/c1-10-29-18(25)12-22-16(14-24(27)28)17-11-15(31-32(8,9)21(5,6)7)13-23(17)19(26)30-20(2,3)4/h15-17,22H,10-14H2,1-9H3/t15-,16?,17+/m1/s1. The van der Waals surface area contributed by atoms with E-state index in [2.05, 4.69) is 39.2 Å². The Hall–Kier alpha value is -1.72. The molecule has 10 nitrogen and oxygen atoms in total. The van der Waals surface area contributed by atoms with Crippen molar-refractivity contribution in [2.75, 3.05) is 26.2 Å². The normalized spacial score (nSPS) is 20.7. The van der Waals surface area contributed by atoms with Crippen molar-refractivity contribution in [2.45, 2.75) is 96.8 Å². The quantitative estimate of drug-likeness (QED) is 0.234. The van der Waals surface area contributed by atoms with Crippen LogP contribution in [0.25, 0.3) is 0 Å². The molecule has 1 N–H and O–H groups in total. The fraction of sp³-hybridized carbons (Fsp3) is 0.905. The van der Waals surface area contributed by atoms with Gasteiger partial charge in [0.25, 0.3) is 0 Å². The predicted molar refractivity (Wildman–Crippen MR) is 124 cm³/mol. The van der Waals surface area contributed by atoms with E-state index in [0.29, 0.717) is 6.42 Å². The molecule has 0 aromatic rings. The molecule has 0 aromatic carbocycles. The molecule has 1 heterocycles. The molecule has 186 valence electrons. The Balaban J connectivity index is 3.15. The first-order chi connectivity index (χ1) is 14.5. The van der Waals surface area contributed by atoms with Gasteiger partial charge in [-0.05, 0) is 52.2 Å². The zero-order valence-corrected chi connectivity index (χ0v) is 22.0. The first kappa shape index (κ1) is 28.3. The predicted octanol–water partition coefficient (Wildman–Crippen LogP) is 3.18. The molecule has 1 fully saturated rings. The maximum Gasteiger partial charge on any atom is 0.410 e. The maximum atomic E-state index is 13.0. The molecule has 1 saturated heterocycles. The van der Waals surface area contributed by atoms with Crippen molar-refractivity contribution in [3.63, 3.8) is 0 Å². The van der Waals surface area contributed by atoms with Gasteiger partial charge in [-0.1, -0.05) is 20.8 Å². The first-order valence-electron chi connectivity index (χ1n) is 11.1. The number of hydrogen-bond donors (Lipinski definition) is 1. The van der Waals surface area contributed by atoms with E-state index in [1.807, 2.05) is 0 Å². The van der Waals surface area contributed by atoms with Gasteiger partial charge >= 0.3 is 12.1 Å². The molecule has 11 heteroatoms. The molecule has 1 rings (SSSR count). The van der Waals surface area contributed by atoms with Crippen LogP contribution in [-0.4, -0.2) is 80.2 Å². The highest BCUT2D eigenvalue weighted by atomic mass is 28.4. The van der Waals surface area contributed by atoms with Crippen LogP contribution in [0, 0.1) is 10.1 Å². The second-order valence-electron chi connectivity index (χ2n) is 10.7. The van der Waals surface area contributed by atoms with Crippen LogP contribution < -0.4 is 5.32 Å². The topological polar surface area (TPSA) is 120 Å². The molecule has 1 aliphatic heterocycles. The van der Waals surface area contributed by atoms with E-state index in [-0.39, 0.29) is 30.8 Å². The molecule has 1 aliphatic rings. The van der Waals surface area contributed by atoms with Crippen molar-refractivity contribution in [3.05, 3.63) is 10.1 Å². The molecular weight excluding hydrogens is 434 g/mol. The van der Waals surface area contributed by atoms with Gasteiger partial charge in [-0.3, -0.25) is 20.2 Å². The van der Waals surface area contributed by atoms with Crippen LogP contribution in [0.2, 0.25) is 18.1 Å². The number of amides is 1. The summed E-state index contributed by atoms with van der Waals surface area (Å²) in [4.78, 5) is 37.3. The lowest BCUT2D eigenvalue weighted by Gasteiger charge is -2.38. The smallest absolute Gasteiger partial charge is 0.410 e. The minimum Gasteiger partial charge on any atom is -0.465 e. The van der Waals surface area contributed by atoms with Gasteiger partial charge in [0.1, 0.15) is 5.60 Å². The monoisotopic (exact) mass is 475 g/mol. The molecule has 32 heavy (non-hydrogen) atoms. The summed E-state index contributed by atoms with van der Waals surface area (Å²) in [6, 6.07) is -1.31. The molecule has 0 aromatic heterocycles. The van der Waals surface area contributed by atoms with Gasteiger partial charge < -0.3 is 18.8 Å².